The van der Waals surface area contributed by atoms with Gasteiger partial charge in [0.1, 0.15) is 17.1 Å². The molecule has 34 heavy (non-hydrogen) atoms. The molecule has 1 atom stereocenters. The van der Waals surface area contributed by atoms with E-state index in [1.54, 1.807) is 32.2 Å². The number of nitrogens with zero attached hydrogens (tertiary/aromatic N) is 3. The van der Waals surface area contributed by atoms with E-state index in [0.29, 0.717) is 17.1 Å². The van der Waals surface area contributed by atoms with E-state index in [4.69, 9.17) is 9.47 Å². The summed E-state index contributed by atoms with van der Waals surface area (Å²) in [4.78, 5) is 40.5. The Morgan fingerprint density at radius 3 is 2.56 bits per heavy atom. The Hall–Kier alpha value is -3.56. The lowest BCUT2D eigenvalue weighted by Gasteiger charge is -2.25. The molecule has 1 fully saturated rings. The SMILES string of the molecule is CCC(=O)N1N=C(c2c(O)n(C3CCCCC3)c(=O)[nH]c2=O)C[C@H]1c1ccc(OC)cc1OC. The van der Waals surface area contributed by atoms with Crippen LogP contribution >= 0.6 is 0 Å². The summed E-state index contributed by atoms with van der Waals surface area (Å²) in [5.41, 5.74) is -0.492. The second-order valence-corrected chi connectivity index (χ2v) is 8.59. The maximum absolute atomic E-state index is 12.8. The predicted molar refractivity (Wildman–Crippen MR) is 126 cm³/mol. The molecule has 0 bridgehead atoms. The van der Waals surface area contributed by atoms with Gasteiger partial charge >= 0.3 is 5.69 Å². The molecule has 10 heteroatoms. The largest absolute Gasteiger partial charge is 0.497 e. The fraction of sp³-hybridized carbons (Fsp3) is 0.500. The van der Waals surface area contributed by atoms with Crippen molar-refractivity contribution in [2.75, 3.05) is 14.2 Å². The van der Waals surface area contributed by atoms with E-state index in [2.05, 4.69) is 10.1 Å². The molecule has 0 radical (unpaired) electrons. The zero-order chi connectivity index (χ0) is 24.4. The van der Waals surface area contributed by atoms with Crippen LogP contribution in [-0.4, -0.2) is 45.5 Å². The molecule has 2 heterocycles. The monoisotopic (exact) mass is 470 g/mol. The normalized spacial score (nSPS) is 18.6. The summed E-state index contributed by atoms with van der Waals surface area (Å²) in [5.74, 6) is 0.474. The molecule has 0 saturated heterocycles. The molecule has 2 aromatic rings. The van der Waals surface area contributed by atoms with Crippen molar-refractivity contribution in [3.05, 3.63) is 50.2 Å². The molecule has 0 spiro atoms. The molecule has 2 N–H and O–H groups in total. The Labute approximate surface area is 196 Å². The first kappa shape index (κ1) is 23.6. The second kappa shape index (κ2) is 9.74. The molecule has 2 aliphatic rings. The molecule has 1 saturated carbocycles. The smallest absolute Gasteiger partial charge is 0.331 e. The lowest BCUT2D eigenvalue weighted by atomic mass is 9.94. The number of hydrogen-bond donors (Lipinski definition) is 2. The van der Waals surface area contributed by atoms with Crippen molar-refractivity contribution < 1.29 is 19.4 Å². The first-order valence-corrected chi connectivity index (χ1v) is 11.6. The van der Waals surface area contributed by atoms with E-state index >= 15 is 0 Å². The highest BCUT2D eigenvalue weighted by atomic mass is 16.5. The summed E-state index contributed by atoms with van der Waals surface area (Å²) in [6.45, 7) is 1.73. The van der Waals surface area contributed by atoms with Crippen molar-refractivity contribution in [1.82, 2.24) is 14.6 Å². The third kappa shape index (κ3) is 4.20. The van der Waals surface area contributed by atoms with Gasteiger partial charge in [0.25, 0.3) is 5.56 Å². The van der Waals surface area contributed by atoms with Crippen LogP contribution in [0.15, 0.2) is 32.9 Å². The Morgan fingerprint density at radius 2 is 1.91 bits per heavy atom. The predicted octanol–water partition coefficient (Wildman–Crippen LogP) is 2.85. The van der Waals surface area contributed by atoms with Gasteiger partial charge in [-0.3, -0.25) is 19.1 Å². The minimum Gasteiger partial charge on any atom is -0.497 e. The summed E-state index contributed by atoms with van der Waals surface area (Å²) in [6, 6.07) is 4.54. The van der Waals surface area contributed by atoms with Crippen LogP contribution in [0.4, 0.5) is 0 Å². The number of aromatic hydroxyl groups is 1. The van der Waals surface area contributed by atoms with E-state index in [9.17, 15) is 19.5 Å². The van der Waals surface area contributed by atoms with E-state index in [1.165, 1.54) is 16.7 Å². The first-order valence-electron chi connectivity index (χ1n) is 11.6. The number of nitrogens with one attached hydrogen (secondary N) is 1. The number of ether oxygens (including phenoxy) is 2. The van der Waals surface area contributed by atoms with Gasteiger partial charge in [-0.15, -0.1) is 0 Å². The molecular formula is C24H30N4O6. The summed E-state index contributed by atoms with van der Waals surface area (Å²) < 4.78 is 12.1. The van der Waals surface area contributed by atoms with Crippen LogP contribution in [0, 0.1) is 0 Å². The van der Waals surface area contributed by atoms with E-state index < -0.39 is 23.2 Å². The van der Waals surface area contributed by atoms with Gasteiger partial charge in [0.2, 0.25) is 11.8 Å². The van der Waals surface area contributed by atoms with Gasteiger partial charge in [0, 0.05) is 30.5 Å². The molecule has 1 aliphatic carbocycles. The number of carbonyl (C=O) groups excluding carboxylic acids is 1. The summed E-state index contributed by atoms with van der Waals surface area (Å²) in [7, 11) is 3.08. The topological polar surface area (TPSA) is 126 Å². The minimum atomic E-state index is -0.723. The fourth-order valence-electron chi connectivity index (χ4n) is 4.87. The number of aromatic amines is 1. The van der Waals surface area contributed by atoms with Gasteiger partial charge < -0.3 is 14.6 Å². The molecule has 1 amide bonds. The average Bonchev–Trinajstić information content (AvgIpc) is 3.28. The van der Waals surface area contributed by atoms with Crippen LogP contribution in [-0.2, 0) is 4.79 Å². The lowest BCUT2D eigenvalue weighted by Crippen LogP contribution is -2.36. The van der Waals surface area contributed by atoms with Crippen LogP contribution in [0.2, 0.25) is 0 Å². The average molecular weight is 471 g/mol. The molecular weight excluding hydrogens is 440 g/mol. The number of aromatic nitrogens is 2. The van der Waals surface area contributed by atoms with E-state index in [-0.39, 0.29) is 36.1 Å². The fourth-order valence-corrected chi connectivity index (χ4v) is 4.87. The zero-order valence-corrected chi connectivity index (χ0v) is 19.7. The maximum atomic E-state index is 12.8. The van der Waals surface area contributed by atoms with Gasteiger partial charge in [0.15, 0.2) is 0 Å². The molecule has 1 aliphatic heterocycles. The number of rotatable bonds is 6. The third-order valence-electron chi connectivity index (χ3n) is 6.61. The van der Waals surface area contributed by atoms with Crippen molar-refractivity contribution >= 4 is 11.6 Å². The van der Waals surface area contributed by atoms with Crippen LogP contribution in [0.3, 0.4) is 0 Å². The van der Waals surface area contributed by atoms with E-state index in [1.807, 2.05) is 0 Å². The number of hydrogen-bond acceptors (Lipinski definition) is 7. The standard InChI is InChI=1S/C24H30N4O6/c1-4-20(29)28-18(16-11-10-15(33-2)12-19(16)34-3)13-17(26-28)21-22(30)25-24(32)27(23(21)31)14-8-6-5-7-9-14/h10-12,14,18,31H,4-9,13H2,1-3H3,(H,25,30,32)/t18-/m0/s1. The molecule has 4 rings (SSSR count). The lowest BCUT2D eigenvalue weighted by molar-refractivity contribution is -0.132. The Kier molecular flexibility index (Phi) is 6.76. The molecule has 1 aromatic carbocycles. The number of amides is 1. The summed E-state index contributed by atoms with van der Waals surface area (Å²) >= 11 is 0. The van der Waals surface area contributed by atoms with Crippen LogP contribution in [0.25, 0.3) is 0 Å². The quantitative estimate of drug-likeness (QED) is 0.669. The second-order valence-electron chi connectivity index (χ2n) is 8.59. The summed E-state index contributed by atoms with van der Waals surface area (Å²) in [6.07, 6.45) is 4.85. The number of benzene rings is 1. The van der Waals surface area contributed by atoms with Gasteiger partial charge in [-0.2, -0.15) is 5.10 Å². The van der Waals surface area contributed by atoms with Crippen LogP contribution < -0.4 is 20.7 Å². The van der Waals surface area contributed by atoms with Crippen molar-refractivity contribution in [3.63, 3.8) is 0 Å². The van der Waals surface area contributed by atoms with Crippen LogP contribution in [0.5, 0.6) is 17.4 Å². The Balaban J connectivity index is 1.80. The van der Waals surface area contributed by atoms with Crippen LogP contribution in [0.1, 0.15) is 75.1 Å². The minimum absolute atomic E-state index is 0.0749. The number of carbonyl (C=O) groups is 1. The van der Waals surface area contributed by atoms with Gasteiger partial charge in [0.05, 0.1) is 26.0 Å². The number of methoxy groups -OCH3 is 2. The third-order valence-corrected chi connectivity index (χ3v) is 6.61. The highest BCUT2D eigenvalue weighted by Gasteiger charge is 2.37. The van der Waals surface area contributed by atoms with Crippen molar-refractivity contribution in [2.45, 2.75) is 64.0 Å². The van der Waals surface area contributed by atoms with Gasteiger partial charge in [-0.1, -0.05) is 26.2 Å². The Morgan fingerprint density at radius 1 is 1.18 bits per heavy atom. The highest BCUT2D eigenvalue weighted by molar-refractivity contribution is 6.04. The van der Waals surface area contributed by atoms with Gasteiger partial charge in [-0.25, -0.2) is 9.80 Å². The molecule has 10 nitrogen and oxygen atoms in total. The zero-order valence-electron chi connectivity index (χ0n) is 19.7. The number of hydrazone groups is 1. The molecule has 0 unspecified atom stereocenters. The first-order chi connectivity index (χ1) is 16.4. The van der Waals surface area contributed by atoms with Crippen molar-refractivity contribution in [1.29, 1.82) is 0 Å². The van der Waals surface area contributed by atoms with Crippen molar-refractivity contribution in [2.24, 2.45) is 5.10 Å². The summed E-state index contributed by atoms with van der Waals surface area (Å²) in [5, 5.41) is 16.9. The van der Waals surface area contributed by atoms with Crippen molar-refractivity contribution in [3.8, 4) is 17.4 Å². The highest BCUT2D eigenvalue weighted by Crippen LogP contribution is 2.40. The van der Waals surface area contributed by atoms with E-state index in [0.717, 1.165) is 32.1 Å². The molecule has 1 aromatic heterocycles. The maximum Gasteiger partial charge on any atom is 0.331 e. The molecule has 182 valence electrons. The number of H-pyrrole nitrogens is 1. The van der Waals surface area contributed by atoms with Gasteiger partial charge in [-0.05, 0) is 25.0 Å². The Bertz CT molecular complexity index is 1220.